The normalized spacial score (nSPS) is 10.4. The monoisotopic (exact) mass is 361 g/mol. The lowest BCUT2D eigenvalue weighted by Crippen LogP contribution is -2.15. The third-order valence-electron chi connectivity index (χ3n) is 3.33. The fourth-order valence-corrected chi connectivity index (χ4v) is 2.64. The second-order valence-electron chi connectivity index (χ2n) is 5.40. The molecule has 1 N–H and O–H groups in total. The van der Waals surface area contributed by atoms with E-state index in [-0.39, 0.29) is 5.91 Å². The van der Waals surface area contributed by atoms with Crippen molar-refractivity contribution in [3.05, 3.63) is 57.6 Å². The van der Waals surface area contributed by atoms with Gasteiger partial charge in [0.15, 0.2) is 0 Å². The summed E-state index contributed by atoms with van der Waals surface area (Å²) in [6, 6.07) is 11.9. The molecule has 0 aliphatic carbocycles. The topological polar surface area (TPSA) is 38.3 Å². The highest BCUT2D eigenvalue weighted by Gasteiger charge is 2.07. The minimum atomic E-state index is -0.0603. The van der Waals surface area contributed by atoms with Gasteiger partial charge in [-0.3, -0.25) is 4.79 Å². The first kappa shape index (κ1) is 16.6. The molecule has 4 heteroatoms. The van der Waals surface area contributed by atoms with Crippen LogP contribution in [-0.4, -0.2) is 12.5 Å². The van der Waals surface area contributed by atoms with E-state index in [1.54, 1.807) is 0 Å². The molecule has 22 heavy (non-hydrogen) atoms. The van der Waals surface area contributed by atoms with Gasteiger partial charge in [-0.1, -0.05) is 18.2 Å². The molecular formula is C18H20BrNO2. The first-order valence-corrected chi connectivity index (χ1v) is 8.01. The lowest BCUT2D eigenvalue weighted by Gasteiger charge is -2.11. The van der Waals surface area contributed by atoms with Crippen molar-refractivity contribution < 1.29 is 9.53 Å². The highest BCUT2D eigenvalue weighted by atomic mass is 79.9. The molecule has 0 aliphatic heterocycles. The number of nitrogens with one attached hydrogen (secondary N) is 1. The lowest BCUT2D eigenvalue weighted by molar-refractivity contribution is -0.116. The average Bonchev–Trinajstić information content (AvgIpc) is 2.46. The molecule has 0 spiro atoms. The Balaban J connectivity index is 1.86. The van der Waals surface area contributed by atoms with Crippen LogP contribution in [0.15, 0.2) is 40.9 Å². The third kappa shape index (κ3) is 4.60. The molecule has 0 fully saturated rings. The number of benzene rings is 2. The van der Waals surface area contributed by atoms with Crippen molar-refractivity contribution >= 4 is 27.5 Å². The van der Waals surface area contributed by atoms with E-state index >= 15 is 0 Å². The van der Waals surface area contributed by atoms with E-state index in [0.29, 0.717) is 13.0 Å². The van der Waals surface area contributed by atoms with Gasteiger partial charge in [0, 0.05) is 4.47 Å². The molecule has 2 aromatic carbocycles. The molecule has 0 heterocycles. The molecule has 3 nitrogen and oxygen atoms in total. The number of anilines is 1. The first-order chi connectivity index (χ1) is 10.5. The quantitative estimate of drug-likeness (QED) is 0.831. The average molecular weight is 362 g/mol. The molecule has 2 rings (SSSR count). The predicted octanol–water partition coefficient (Wildman–Crippen LogP) is 4.78. The smallest absolute Gasteiger partial charge is 0.227 e. The van der Waals surface area contributed by atoms with Gasteiger partial charge in [0.25, 0.3) is 0 Å². The Bertz CT molecular complexity index is 683. The van der Waals surface area contributed by atoms with Crippen molar-refractivity contribution in [1.82, 2.24) is 0 Å². The van der Waals surface area contributed by atoms with Crippen LogP contribution in [0.4, 0.5) is 5.69 Å². The van der Waals surface area contributed by atoms with Gasteiger partial charge < -0.3 is 10.1 Å². The van der Waals surface area contributed by atoms with Gasteiger partial charge in [-0.15, -0.1) is 0 Å². The van der Waals surface area contributed by atoms with Crippen LogP contribution < -0.4 is 10.1 Å². The summed E-state index contributed by atoms with van der Waals surface area (Å²) in [5.74, 6) is 0.777. The summed E-state index contributed by atoms with van der Waals surface area (Å²) in [5.41, 5.74) is 4.14. The molecule has 0 aromatic heterocycles. The number of rotatable bonds is 5. The minimum Gasteiger partial charge on any atom is -0.493 e. The minimum absolute atomic E-state index is 0.0603. The fraction of sp³-hybridized carbons (Fsp3) is 0.278. The largest absolute Gasteiger partial charge is 0.493 e. The zero-order valence-corrected chi connectivity index (χ0v) is 14.7. The van der Waals surface area contributed by atoms with Crippen molar-refractivity contribution in [3.8, 4) is 5.75 Å². The maximum Gasteiger partial charge on any atom is 0.227 e. The fourth-order valence-electron chi connectivity index (χ4n) is 2.05. The van der Waals surface area contributed by atoms with Crippen LogP contribution in [0.2, 0.25) is 0 Å². The second kappa shape index (κ2) is 7.45. The number of hydrogen-bond acceptors (Lipinski definition) is 2. The van der Waals surface area contributed by atoms with E-state index in [1.807, 2.05) is 57.2 Å². The van der Waals surface area contributed by atoms with E-state index < -0.39 is 0 Å². The maximum absolute atomic E-state index is 12.0. The molecular weight excluding hydrogens is 342 g/mol. The van der Waals surface area contributed by atoms with Crippen LogP contribution in [0.3, 0.4) is 0 Å². The number of hydrogen-bond donors (Lipinski definition) is 1. The van der Waals surface area contributed by atoms with Gasteiger partial charge in [0.1, 0.15) is 5.75 Å². The van der Waals surface area contributed by atoms with Crippen LogP contribution in [0.1, 0.15) is 23.1 Å². The number of carbonyl (C=O) groups is 1. The highest BCUT2D eigenvalue weighted by Crippen LogP contribution is 2.23. The van der Waals surface area contributed by atoms with E-state index in [0.717, 1.165) is 32.6 Å². The molecule has 0 atom stereocenters. The van der Waals surface area contributed by atoms with Crippen LogP contribution in [0.25, 0.3) is 0 Å². The molecule has 0 bridgehead atoms. The number of carbonyl (C=O) groups excluding carboxylic acids is 1. The van der Waals surface area contributed by atoms with Crippen molar-refractivity contribution in [2.45, 2.75) is 27.2 Å². The van der Waals surface area contributed by atoms with Crippen molar-refractivity contribution in [1.29, 1.82) is 0 Å². The zero-order chi connectivity index (χ0) is 16.1. The van der Waals surface area contributed by atoms with Crippen molar-refractivity contribution in [2.75, 3.05) is 11.9 Å². The molecule has 0 aliphatic rings. The first-order valence-electron chi connectivity index (χ1n) is 7.22. The van der Waals surface area contributed by atoms with Crippen molar-refractivity contribution in [3.63, 3.8) is 0 Å². The van der Waals surface area contributed by atoms with E-state index in [4.69, 9.17) is 4.74 Å². The summed E-state index contributed by atoms with van der Waals surface area (Å²) in [7, 11) is 0. The van der Waals surface area contributed by atoms with Crippen molar-refractivity contribution in [2.24, 2.45) is 0 Å². The Morgan fingerprint density at radius 1 is 1.09 bits per heavy atom. The molecule has 0 saturated carbocycles. The van der Waals surface area contributed by atoms with Crippen LogP contribution in [0, 0.1) is 20.8 Å². The van der Waals surface area contributed by atoms with Gasteiger partial charge >= 0.3 is 0 Å². The molecule has 2 aromatic rings. The molecule has 0 radical (unpaired) electrons. The Kier molecular flexibility index (Phi) is 5.61. The summed E-state index contributed by atoms with van der Waals surface area (Å²) in [4.78, 5) is 12.0. The summed E-state index contributed by atoms with van der Waals surface area (Å²) in [6.07, 6.45) is 0.313. The molecule has 0 saturated heterocycles. The third-order valence-corrected chi connectivity index (χ3v) is 3.99. The van der Waals surface area contributed by atoms with E-state index in [1.165, 1.54) is 0 Å². The van der Waals surface area contributed by atoms with Gasteiger partial charge in [-0.05, 0) is 71.6 Å². The zero-order valence-electron chi connectivity index (χ0n) is 13.1. The summed E-state index contributed by atoms with van der Waals surface area (Å²) in [5, 5.41) is 2.88. The number of aryl methyl sites for hydroxylation is 3. The summed E-state index contributed by atoms with van der Waals surface area (Å²) >= 11 is 3.45. The molecule has 1 amide bonds. The van der Waals surface area contributed by atoms with Crippen LogP contribution in [0.5, 0.6) is 5.75 Å². The predicted molar refractivity (Wildman–Crippen MR) is 93.5 cm³/mol. The maximum atomic E-state index is 12.0. The van der Waals surface area contributed by atoms with Gasteiger partial charge in [0.2, 0.25) is 5.91 Å². The Morgan fingerprint density at radius 3 is 2.50 bits per heavy atom. The number of ether oxygens (including phenoxy) is 1. The van der Waals surface area contributed by atoms with E-state index in [9.17, 15) is 4.79 Å². The Morgan fingerprint density at radius 2 is 1.77 bits per heavy atom. The van der Waals surface area contributed by atoms with Gasteiger partial charge in [-0.25, -0.2) is 0 Å². The molecule has 0 unspecified atom stereocenters. The Hall–Kier alpha value is -1.81. The summed E-state index contributed by atoms with van der Waals surface area (Å²) < 4.78 is 6.59. The van der Waals surface area contributed by atoms with E-state index in [2.05, 4.69) is 21.2 Å². The molecule has 116 valence electrons. The van der Waals surface area contributed by atoms with Crippen LogP contribution >= 0.6 is 15.9 Å². The standard InChI is InChI=1S/C18H20BrNO2/c1-12-5-7-16(15(19)10-12)20-18(21)8-9-22-17-11-13(2)4-6-14(17)3/h4-7,10-11H,8-9H2,1-3H3,(H,20,21). The number of halogens is 1. The Labute approximate surface area is 139 Å². The lowest BCUT2D eigenvalue weighted by atomic mass is 10.1. The van der Waals surface area contributed by atoms with Gasteiger partial charge in [0.05, 0.1) is 18.7 Å². The van der Waals surface area contributed by atoms with Gasteiger partial charge in [-0.2, -0.15) is 0 Å². The highest BCUT2D eigenvalue weighted by molar-refractivity contribution is 9.10. The van der Waals surface area contributed by atoms with Crippen LogP contribution in [-0.2, 0) is 4.79 Å². The number of amides is 1. The SMILES string of the molecule is Cc1ccc(NC(=O)CCOc2cc(C)ccc2C)c(Br)c1. The second-order valence-corrected chi connectivity index (χ2v) is 6.25. The summed E-state index contributed by atoms with van der Waals surface area (Å²) in [6.45, 7) is 6.39.